The lowest BCUT2D eigenvalue weighted by atomic mass is 10.0. The molecule has 0 aliphatic rings. The van der Waals surface area contributed by atoms with Crippen LogP contribution in [0.4, 0.5) is 0 Å². The van der Waals surface area contributed by atoms with E-state index < -0.39 is 17.9 Å². The van der Waals surface area contributed by atoms with Gasteiger partial charge in [-0.25, -0.2) is 0 Å². The number of hydrogen-bond donors (Lipinski definition) is 3. The minimum atomic E-state index is -0.571. The molecule has 0 saturated heterocycles. The summed E-state index contributed by atoms with van der Waals surface area (Å²) >= 11 is 0. The Morgan fingerprint density at radius 1 is 0.900 bits per heavy atom. The molecule has 0 aliphatic carbocycles. The maximum atomic E-state index is 12.5. The number of carbonyl (C=O) groups is 3. The molecule has 2 aromatic carbocycles. The Hall–Kier alpha value is -3.75. The standard InChI is InChI=1S/C21H25N3O6/c1-13(25)22-16(14-8-6-5-7-9-14)12-19(26)23-24-21(27)15-10-17(28-2)20(30-4)18(11-15)29-3/h5-11,16H,12H2,1-4H3,(H,22,25)(H,23,26)(H,24,27)/t16-/m0/s1. The average molecular weight is 415 g/mol. The van der Waals surface area contributed by atoms with Crippen LogP contribution in [-0.2, 0) is 9.59 Å². The molecule has 9 nitrogen and oxygen atoms in total. The highest BCUT2D eigenvalue weighted by molar-refractivity contribution is 5.96. The largest absolute Gasteiger partial charge is 0.493 e. The predicted octanol–water partition coefficient (Wildman–Crippen LogP) is 1.74. The summed E-state index contributed by atoms with van der Waals surface area (Å²) in [5.74, 6) is -0.345. The number of hydrogen-bond acceptors (Lipinski definition) is 6. The predicted molar refractivity (Wildman–Crippen MR) is 109 cm³/mol. The van der Waals surface area contributed by atoms with E-state index in [-0.39, 0.29) is 17.9 Å². The highest BCUT2D eigenvalue weighted by Gasteiger charge is 2.19. The fourth-order valence-electron chi connectivity index (χ4n) is 2.83. The number of nitrogens with one attached hydrogen (secondary N) is 3. The van der Waals surface area contributed by atoms with Crippen molar-refractivity contribution >= 4 is 17.7 Å². The zero-order chi connectivity index (χ0) is 22.1. The van der Waals surface area contributed by atoms with E-state index in [1.165, 1.54) is 40.4 Å². The molecule has 2 aromatic rings. The van der Waals surface area contributed by atoms with Crippen LogP contribution in [0.2, 0.25) is 0 Å². The zero-order valence-corrected chi connectivity index (χ0v) is 17.3. The van der Waals surface area contributed by atoms with Crippen molar-refractivity contribution in [2.75, 3.05) is 21.3 Å². The summed E-state index contributed by atoms with van der Waals surface area (Å²) in [5.41, 5.74) is 5.68. The van der Waals surface area contributed by atoms with Crippen molar-refractivity contribution in [2.45, 2.75) is 19.4 Å². The zero-order valence-electron chi connectivity index (χ0n) is 17.3. The van der Waals surface area contributed by atoms with Crippen LogP contribution in [0.3, 0.4) is 0 Å². The molecule has 0 aromatic heterocycles. The summed E-state index contributed by atoms with van der Waals surface area (Å²) in [6.07, 6.45) is -0.0564. The first-order valence-corrected chi connectivity index (χ1v) is 9.10. The second-order valence-corrected chi connectivity index (χ2v) is 6.28. The second-order valence-electron chi connectivity index (χ2n) is 6.28. The van der Waals surface area contributed by atoms with E-state index in [0.29, 0.717) is 17.2 Å². The van der Waals surface area contributed by atoms with Gasteiger partial charge in [-0.2, -0.15) is 0 Å². The number of amides is 3. The van der Waals surface area contributed by atoms with Crippen molar-refractivity contribution in [1.29, 1.82) is 0 Å². The van der Waals surface area contributed by atoms with Gasteiger partial charge in [0.2, 0.25) is 17.6 Å². The molecule has 0 heterocycles. The van der Waals surface area contributed by atoms with Crippen molar-refractivity contribution < 1.29 is 28.6 Å². The van der Waals surface area contributed by atoms with Gasteiger partial charge in [-0.15, -0.1) is 0 Å². The molecule has 0 saturated carbocycles. The Bertz CT molecular complexity index is 876. The van der Waals surface area contributed by atoms with Crippen molar-refractivity contribution in [3.05, 3.63) is 53.6 Å². The van der Waals surface area contributed by atoms with Gasteiger partial charge >= 0.3 is 0 Å². The highest BCUT2D eigenvalue weighted by Crippen LogP contribution is 2.38. The van der Waals surface area contributed by atoms with E-state index in [9.17, 15) is 14.4 Å². The molecule has 0 bridgehead atoms. The molecule has 3 N–H and O–H groups in total. The summed E-state index contributed by atoms with van der Waals surface area (Å²) < 4.78 is 15.7. The first-order valence-electron chi connectivity index (χ1n) is 9.10. The Morgan fingerprint density at radius 2 is 1.50 bits per heavy atom. The van der Waals surface area contributed by atoms with Gasteiger partial charge in [-0.1, -0.05) is 30.3 Å². The van der Waals surface area contributed by atoms with Crippen molar-refractivity contribution in [3.63, 3.8) is 0 Å². The molecule has 9 heteroatoms. The number of methoxy groups -OCH3 is 3. The fourth-order valence-corrected chi connectivity index (χ4v) is 2.83. The summed E-state index contributed by atoms with van der Waals surface area (Å²) in [5, 5.41) is 2.73. The smallest absolute Gasteiger partial charge is 0.269 e. The van der Waals surface area contributed by atoms with E-state index in [0.717, 1.165) is 5.56 Å². The van der Waals surface area contributed by atoms with Crippen LogP contribution in [0.15, 0.2) is 42.5 Å². The van der Waals surface area contributed by atoms with E-state index in [4.69, 9.17) is 14.2 Å². The number of benzene rings is 2. The Morgan fingerprint density at radius 3 is 2.00 bits per heavy atom. The minimum absolute atomic E-state index is 0.0564. The molecule has 0 unspecified atom stereocenters. The van der Waals surface area contributed by atoms with Gasteiger partial charge in [0.15, 0.2) is 11.5 Å². The molecule has 0 aliphatic heterocycles. The Kier molecular flexibility index (Phi) is 8.04. The van der Waals surface area contributed by atoms with Crippen LogP contribution in [0, 0.1) is 0 Å². The quantitative estimate of drug-likeness (QED) is 0.566. The molecule has 0 spiro atoms. The average Bonchev–Trinajstić information content (AvgIpc) is 2.76. The normalized spacial score (nSPS) is 11.1. The van der Waals surface area contributed by atoms with Gasteiger partial charge < -0.3 is 19.5 Å². The molecule has 3 amide bonds. The first kappa shape index (κ1) is 22.5. The van der Waals surface area contributed by atoms with E-state index in [1.54, 1.807) is 0 Å². The summed E-state index contributed by atoms with van der Waals surface area (Å²) in [6.45, 7) is 1.38. The van der Waals surface area contributed by atoms with Crippen LogP contribution >= 0.6 is 0 Å². The Labute approximate surface area is 174 Å². The van der Waals surface area contributed by atoms with E-state index in [1.807, 2.05) is 30.3 Å². The molecule has 30 heavy (non-hydrogen) atoms. The van der Waals surface area contributed by atoms with Gasteiger partial charge in [-0.3, -0.25) is 25.2 Å². The Balaban J connectivity index is 2.06. The lowest BCUT2D eigenvalue weighted by Gasteiger charge is -2.18. The second kappa shape index (κ2) is 10.7. The monoisotopic (exact) mass is 415 g/mol. The molecular formula is C21H25N3O6. The van der Waals surface area contributed by atoms with Crippen molar-refractivity contribution in [1.82, 2.24) is 16.2 Å². The minimum Gasteiger partial charge on any atom is -0.493 e. The number of carbonyl (C=O) groups excluding carboxylic acids is 3. The SMILES string of the molecule is COc1cc(C(=O)NNC(=O)C[C@H](NC(C)=O)c2ccccc2)cc(OC)c1OC. The molecule has 1 atom stereocenters. The lowest BCUT2D eigenvalue weighted by molar-refractivity contribution is -0.123. The van der Waals surface area contributed by atoms with Crippen LogP contribution in [0.5, 0.6) is 17.2 Å². The van der Waals surface area contributed by atoms with Crippen LogP contribution < -0.4 is 30.4 Å². The van der Waals surface area contributed by atoms with E-state index in [2.05, 4.69) is 16.2 Å². The first-order chi connectivity index (χ1) is 14.4. The highest BCUT2D eigenvalue weighted by atomic mass is 16.5. The van der Waals surface area contributed by atoms with Crippen molar-refractivity contribution in [2.24, 2.45) is 0 Å². The number of ether oxygens (including phenoxy) is 3. The van der Waals surface area contributed by atoms with Gasteiger partial charge in [0, 0.05) is 12.5 Å². The third kappa shape index (κ3) is 5.87. The molecule has 160 valence electrons. The number of hydrazine groups is 1. The maximum absolute atomic E-state index is 12.5. The summed E-state index contributed by atoms with van der Waals surface area (Å²) in [4.78, 5) is 36.3. The van der Waals surface area contributed by atoms with Crippen LogP contribution in [0.25, 0.3) is 0 Å². The van der Waals surface area contributed by atoms with Crippen LogP contribution in [0.1, 0.15) is 35.3 Å². The van der Waals surface area contributed by atoms with Crippen LogP contribution in [-0.4, -0.2) is 39.1 Å². The van der Waals surface area contributed by atoms with E-state index >= 15 is 0 Å². The van der Waals surface area contributed by atoms with Gasteiger partial charge in [0.1, 0.15) is 0 Å². The van der Waals surface area contributed by atoms with Gasteiger partial charge in [-0.05, 0) is 17.7 Å². The molecule has 0 fully saturated rings. The molecular weight excluding hydrogens is 390 g/mol. The van der Waals surface area contributed by atoms with Gasteiger partial charge in [0.25, 0.3) is 5.91 Å². The van der Waals surface area contributed by atoms with Gasteiger partial charge in [0.05, 0.1) is 33.8 Å². The molecule has 0 radical (unpaired) electrons. The lowest BCUT2D eigenvalue weighted by Crippen LogP contribution is -2.43. The number of rotatable bonds is 8. The third-order valence-corrected chi connectivity index (χ3v) is 4.21. The maximum Gasteiger partial charge on any atom is 0.269 e. The third-order valence-electron chi connectivity index (χ3n) is 4.21. The summed E-state index contributed by atoms with van der Waals surface area (Å²) in [6, 6.07) is 11.5. The summed E-state index contributed by atoms with van der Waals surface area (Å²) in [7, 11) is 4.33. The molecule has 2 rings (SSSR count). The van der Waals surface area contributed by atoms with Crippen molar-refractivity contribution in [3.8, 4) is 17.2 Å². The fraction of sp³-hybridized carbons (Fsp3) is 0.286. The topological polar surface area (TPSA) is 115 Å².